The normalized spacial score (nSPS) is 12.7. The van der Waals surface area contributed by atoms with E-state index in [1.807, 2.05) is 6.92 Å². The molecular weight excluding hydrogens is 230 g/mol. The molecule has 1 aromatic rings. The smallest absolute Gasteiger partial charge is 0.0900 e. The molecule has 0 aromatic carbocycles. The highest BCUT2D eigenvalue weighted by atomic mass is 35.5. The zero-order chi connectivity index (χ0) is 10.7. The highest BCUT2D eigenvalue weighted by Crippen LogP contribution is 2.19. The molecule has 5 heteroatoms. The largest absolute Gasteiger partial charge is 0.329 e. The van der Waals surface area contributed by atoms with Crippen molar-refractivity contribution < 1.29 is 0 Å². The van der Waals surface area contributed by atoms with Gasteiger partial charge in [-0.15, -0.1) is 23.7 Å². The number of halogens is 1. The zero-order valence-electron chi connectivity index (χ0n) is 9.78. The highest BCUT2D eigenvalue weighted by molar-refractivity contribution is 7.11. The zero-order valence-corrected chi connectivity index (χ0v) is 11.4. The van der Waals surface area contributed by atoms with Gasteiger partial charge < -0.3 is 5.73 Å². The van der Waals surface area contributed by atoms with Gasteiger partial charge in [0.25, 0.3) is 0 Å². The van der Waals surface area contributed by atoms with Crippen molar-refractivity contribution in [3.8, 4) is 0 Å². The Kier molecular flexibility index (Phi) is 6.36. The van der Waals surface area contributed by atoms with Crippen LogP contribution in [0.5, 0.6) is 0 Å². The molecule has 1 unspecified atom stereocenters. The summed E-state index contributed by atoms with van der Waals surface area (Å²) in [5, 5.41) is 1.14. The fourth-order valence-electron chi connectivity index (χ4n) is 1.28. The first-order valence-electron chi connectivity index (χ1n) is 4.87. The molecule has 0 aliphatic rings. The molecule has 0 saturated carbocycles. The second-order valence-electron chi connectivity index (χ2n) is 3.74. The Morgan fingerprint density at radius 2 is 2.07 bits per heavy atom. The summed E-state index contributed by atoms with van der Waals surface area (Å²) < 4.78 is 0. The van der Waals surface area contributed by atoms with E-state index >= 15 is 0 Å². The monoisotopic (exact) mass is 249 g/mol. The van der Waals surface area contributed by atoms with Crippen LogP contribution in [0.2, 0.25) is 0 Å². The maximum Gasteiger partial charge on any atom is 0.0900 e. The summed E-state index contributed by atoms with van der Waals surface area (Å²) in [6.45, 7) is 7.92. The van der Waals surface area contributed by atoms with Crippen molar-refractivity contribution in [2.45, 2.75) is 33.4 Å². The van der Waals surface area contributed by atoms with Gasteiger partial charge in [-0.3, -0.25) is 4.90 Å². The first-order chi connectivity index (χ1) is 6.54. The number of rotatable bonds is 4. The van der Waals surface area contributed by atoms with Crippen LogP contribution in [0.1, 0.15) is 22.5 Å². The van der Waals surface area contributed by atoms with E-state index in [-0.39, 0.29) is 12.4 Å². The van der Waals surface area contributed by atoms with E-state index in [2.05, 4.69) is 30.8 Å². The van der Waals surface area contributed by atoms with Crippen molar-refractivity contribution in [2.24, 2.45) is 5.73 Å². The standard InChI is InChI=1S/C10H19N3S.ClH/c1-7(5-11)13(4)6-10-8(2)12-9(3)14-10;/h7H,5-6,11H2,1-4H3;1H. The summed E-state index contributed by atoms with van der Waals surface area (Å²) in [5.41, 5.74) is 6.77. The van der Waals surface area contributed by atoms with E-state index in [0.717, 1.165) is 17.2 Å². The van der Waals surface area contributed by atoms with Crippen LogP contribution in [0.25, 0.3) is 0 Å². The summed E-state index contributed by atoms with van der Waals surface area (Å²) >= 11 is 1.78. The lowest BCUT2D eigenvalue weighted by Crippen LogP contribution is -2.34. The van der Waals surface area contributed by atoms with E-state index < -0.39 is 0 Å². The highest BCUT2D eigenvalue weighted by Gasteiger charge is 2.11. The van der Waals surface area contributed by atoms with Gasteiger partial charge >= 0.3 is 0 Å². The van der Waals surface area contributed by atoms with Crippen molar-refractivity contribution in [2.75, 3.05) is 13.6 Å². The fourth-order valence-corrected chi connectivity index (χ4v) is 2.28. The first-order valence-corrected chi connectivity index (χ1v) is 5.69. The van der Waals surface area contributed by atoms with E-state index in [4.69, 9.17) is 5.73 Å². The third-order valence-corrected chi connectivity index (χ3v) is 3.54. The molecule has 0 aliphatic heterocycles. The van der Waals surface area contributed by atoms with Crippen molar-refractivity contribution >= 4 is 23.7 Å². The van der Waals surface area contributed by atoms with Gasteiger partial charge in [0.15, 0.2) is 0 Å². The summed E-state index contributed by atoms with van der Waals surface area (Å²) in [6, 6.07) is 0.428. The van der Waals surface area contributed by atoms with E-state index in [0.29, 0.717) is 12.6 Å². The minimum Gasteiger partial charge on any atom is -0.329 e. The van der Waals surface area contributed by atoms with Crippen LogP contribution in [0.4, 0.5) is 0 Å². The third-order valence-electron chi connectivity index (χ3n) is 2.49. The van der Waals surface area contributed by atoms with Crippen LogP contribution in [-0.4, -0.2) is 29.5 Å². The molecule has 1 atom stereocenters. The van der Waals surface area contributed by atoms with Crippen molar-refractivity contribution in [1.29, 1.82) is 0 Å². The average Bonchev–Trinajstić information content (AvgIpc) is 2.44. The van der Waals surface area contributed by atoms with E-state index in [9.17, 15) is 0 Å². The predicted molar refractivity (Wildman–Crippen MR) is 68.8 cm³/mol. The second kappa shape index (κ2) is 6.43. The lowest BCUT2D eigenvalue weighted by molar-refractivity contribution is 0.256. The molecule has 1 aromatic heterocycles. The lowest BCUT2D eigenvalue weighted by Gasteiger charge is -2.22. The molecule has 0 aliphatic carbocycles. The van der Waals surface area contributed by atoms with Crippen LogP contribution in [0.3, 0.4) is 0 Å². The number of aryl methyl sites for hydroxylation is 2. The number of nitrogens with two attached hydrogens (primary N) is 1. The Bertz CT molecular complexity index is 301. The molecule has 1 heterocycles. The van der Waals surface area contributed by atoms with Gasteiger partial charge in [0, 0.05) is 24.0 Å². The van der Waals surface area contributed by atoms with Crippen molar-refractivity contribution in [3.63, 3.8) is 0 Å². The Labute approximate surface area is 102 Å². The SMILES string of the molecule is Cc1nc(C)c(CN(C)C(C)CN)s1.Cl. The van der Waals surface area contributed by atoms with Crippen LogP contribution < -0.4 is 5.73 Å². The Morgan fingerprint density at radius 1 is 1.47 bits per heavy atom. The topological polar surface area (TPSA) is 42.2 Å². The molecule has 2 N–H and O–H groups in total. The van der Waals surface area contributed by atoms with Gasteiger partial charge in [-0.1, -0.05) is 0 Å². The van der Waals surface area contributed by atoms with E-state index in [1.165, 1.54) is 4.88 Å². The lowest BCUT2D eigenvalue weighted by atomic mass is 10.3. The van der Waals surface area contributed by atoms with Gasteiger partial charge in [0.2, 0.25) is 0 Å². The number of thiazole rings is 1. The van der Waals surface area contributed by atoms with Crippen LogP contribution in [-0.2, 0) is 6.54 Å². The molecule has 0 amide bonds. The molecule has 3 nitrogen and oxygen atoms in total. The number of aromatic nitrogens is 1. The summed E-state index contributed by atoms with van der Waals surface area (Å²) in [5.74, 6) is 0. The number of hydrogen-bond acceptors (Lipinski definition) is 4. The van der Waals surface area contributed by atoms with Crippen molar-refractivity contribution in [1.82, 2.24) is 9.88 Å². The van der Waals surface area contributed by atoms with Gasteiger partial charge in [0.05, 0.1) is 10.7 Å². The van der Waals surface area contributed by atoms with Gasteiger partial charge in [0.1, 0.15) is 0 Å². The Balaban J connectivity index is 0.00000196. The quantitative estimate of drug-likeness (QED) is 0.887. The molecule has 0 spiro atoms. The van der Waals surface area contributed by atoms with Gasteiger partial charge in [-0.2, -0.15) is 0 Å². The molecular formula is C10H20ClN3S. The fraction of sp³-hybridized carbons (Fsp3) is 0.700. The maximum absolute atomic E-state index is 5.62. The van der Waals surface area contributed by atoms with Gasteiger partial charge in [-0.05, 0) is 27.8 Å². The first kappa shape index (κ1) is 14.8. The molecule has 0 bridgehead atoms. The van der Waals surface area contributed by atoms with Crippen molar-refractivity contribution in [3.05, 3.63) is 15.6 Å². The molecule has 0 radical (unpaired) electrons. The average molecular weight is 250 g/mol. The Hall–Kier alpha value is -0.160. The minimum atomic E-state index is 0. The van der Waals surface area contributed by atoms with Crippen LogP contribution >= 0.6 is 23.7 Å². The van der Waals surface area contributed by atoms with Crippen LogP contribution in [0.15, 0.2) is 0 Å². The second-order valence-corrected chi connectivity index (χ2v) is 5.03. The minimum absolute atomic E-state index is 0. The Morgan fingerprint density at radius 3 is 2.47 bits per heavy atom. The van der Waals surface area contributed by atoms with Gasteiger partial charge in [-0.25, -0.2) is 4.98 Å². The number of nitrogens with zero attached hydrogens (tertiary/aromatic N) is 2. The van der Waals surface area contributed by atoms with E-state index in [1.54, 1.807) is 11.3 Å². The summed E-state index contributed by atoms with van der Waals surface area (Å²) in [6.07, 6.45) is 0. The molecule has 15 heavy (non-hydrogen) atoms. The molecule has 0 fully saturated rings. The maximum atomic E-state index is 5.62. The number of likely N-dealkylation sites (N-methyl/N-ethyl adjacent to an activating group) is 1. The molecule has 0 saturated heterocycles. The third kappa shape index (κ3) is 4.07. The summed E-state index contributed by atoms with van der Waals surface area (Å²) in [4.78, 5) is 8.03. The predicted octanol–water partition coefficient (Wildman–Crippen LogP) is 1.96. The molecule has 88 valence electrons. The number of hydrogen-bond donors (Lipinski definition) is 1. The summed E-state index contributed by atoms with van der Waals surface area (Å²) in [7, 11) is 2.10. The molecule has 1 rings (SSSR count). The van der Waals surface area contributed by atoms with Crippen LogP contribution in [0, 0.1) is 13.8 Å².